The lowest BCUT2D eigenvalue weighted by molar-refractivity contribution is -0.118. The minimum Gasteiger partial charge on any atom is -0.323 e. The zero-order valence-electron chi connectivity index (χ0n) is 11.8. The molecule has 1 unspecified atom stereocenters. The normalized spacial score (nSPS) is 25.4. The molecule has 1 aliphatic carbocycles. The molecule has 2 nitrogen and oxygen atoms in total. The molecule has 1 aromatic carbocycles. The summed E-state index contributed by atoms with van der Waals surface area (Å²) in [5.74, 6) is -1.68. The van der Waals surface area contributed by atoms with Crippen molar-refractivity contribution in [1.82, 2.24) is 0 Å². The van der Waals surface area contributed by atoms with Crippen LogP contribution in [-0.4, -0.2) is 5.91 Å². The van der Waals surface area contributed by atoms with E-state index in [2.05, 4.69) is 19.2 Å². The molecule has 1 aromatic rings. The number of rotatable bonds is 1. The number of amides is 1. The van der Waals surface area contributed by atoms with Gasteiger partial charge in [0, 0.05) is 6.07 Å². The van der Waals surface area contributed by atoms with E-state index in [-0.39, 0.29) is 17.5 Å². The fraction of sp³-hybridized carbons (Fsp3) is 0.562. The summed E-state index contributed by atoms with van der Waals surface area (Å²) >= 11 is 0. The highest BCUT2D eigenvalue weighted by Gasteiger charge is 2.41. The lowest BCUT2D eigenvalue weighted by Gasteiger charge is -2.36. The fourth-order valence-electron chi connectivity index (χ4n) is 3.54. The van der Waals surface area contributed by atoms with Gasteiger partial charge in [-0.1, -0.05) is 13.8 Å². The molecular weight excluding hydrogens is 260 g/mol. The van der Waals surface area contributed by atoms with Crippen molar-refractivity contribution in [2.24, 2.45) is 11.3 Å². The first-order valence-corrected chi connectivity index (χ1v) is 7.17. The second kappa shape index (κ2) is 4.54. The van der Waals surface area contributed by atoms with E-state index in [1.807, 2.05) is 0 Å². The quantitative estimate of drug-likeness (QED) is 0.819. The molecule has 1 fully saturated rings. The third-order valence-electron chi connectivity index (χ3n) is 4.81. The second-order valence-corrected chi connectivity index (χ2v) is 6.82. The number of carbonyl (C=O) groups excluding carboxylic acids is 1. The van der Waals surface area contributed by atoms with Gasteiger partial charge in [-0.15, -0.1) is 0 Å². The van der Waals surface area contributed by atoms with Crippen LogP contribution in [0.25, 0.3) is 0 Å². The van der Waals surface area contributed by atoms with Crippen LogP contribution in [0.5, 0.6) is 0 Å². The van der Waals surface area contributed by atoms with Gasteiger partial charge in [0.25, 0.3) is 0 Å². The van der Waals surface area contributed by atoms with Gasteiger partial charge in [-0.25, -0.2) is 8.78 Å². The predicted molar refractivity (Wildman–Crippen MR) is 73.5 cm³/mol. The molecule has 2 aliphatic rings. The largest absolute Gasteiger partial charge is 0.323 e. The van der Waals surface area contributed by atoms with Crippen molar-refractivity contribution in [1.29, 1.82) is 0 Å². The molecule has 108 valence electrons. The van der Waals surface area contributed by atoms with Crippen LogP contribution in [0.1, 0.15) is 51.0 Å². The predicted octanol–water partition coefficient (Wildman–Crippen LogP) is 4.22. The Labute approximate surface area is 117 Å². The molecule has 0 aromatic heterocycles. The zero-order valence-corrected chi connectivity index (χ0v) is 11.8. The maximum atomic E-state index is 13.7. The Balaban J connectivity index is 1.91. The fourth-order valence-corrected chi connectivity index (χ4v) is 3.54. The van der Waals surface area contributed by atoms with Crippen LogP contribution < -0.4 is 5.32 Å². The maximum Gasteiger partial charge on any atom is 0.232 e. The van der Waals surface area contributed by atoms with Gasteiger partial charge < -0.3 is 5.32 Å². The number of anilines is 1. The van der Waals surface area contributed by atoms with Crippen LogP contribution in [0.15, 0.2) is 12.1 Å². The summed E-state index contributed by atoms with van der Waals surface area (Å²) in [5.41, 5.74) is 0.977. The Morgan fingerprint density at radius 3 is 2.50 bits per heavy atom. The van der Waals surface area contributed by atoms with E-state index in [1.165, 1.54) is 6.07 Å². The molecule has 1 heterocycles. The third-order valence-corrected chi connectivity index (χ3v) is 4.81. The van der Waals surface area contributed by atoms with E-state index in [9.17, 15) is 13.6 Å². The molecule has 4 heteroatoms. The summed E-state index contributed by atoms with van der Waals surface area (Å²) in [5, 5.41) is 2.58. The monoisotopic (exact) mass is 279 g/mol. The number of hydrogen-bond acceptors (Lipinski definition) is 1. The van der Waals surface area contributed by atoms with E-state index >= 15 is 0 Å². The summed E-state index contributed by atoms with van der Waals surface area (Å²) in [6.07, 6.45) is 3.97. The summed E-state index contributed by atoms with van der Waals surface area (Å²) in [4.78, 5) is 12.2. The molecule has 1 aliphatic heterocycles. The second-order valence-electron chi connectivity index (χ2n) is 6.82. The topological polar surface area (TPSA) is 29.1 Å². The Hall–Kier alpha value is -1.45. The molecule has 0 radical (unpaired) electrons. The summed E-state index contributed by atoms with van der Waals surface area (Å²) in [6.45, 7) is 4.45. The Kier molecular flexibility index (Phi) is 3.07. The SMILES string of the molecule is CC1(C)CCC(C2C(=O)Nc3c(F)cc(F)cc32)CC1. The standard InChI is InChI=1S/C16H19F2NO/c1-16(2)5-3-9(4-6-16)13-11-7-10(17)8-12(18)14(11)19-15(13)20/h7-9,13H,3-6H2,1-2H3,(H,19,20). The third kappa shape index (κ3) is 2.21. The zero-order chi connectivity index (χ0) is 14.5. The van der Waals surface area contributed by atoms with E-state index in [4.69, 9.17) is 0 Å². The van der Waals surface area contributed by atoms with Gasteiger partial charge in [0.1, 0.15) is 11.6 Å². The van der Waals surface area contributed by atoms with Crippen LogP contribution in [0, 0.1) is 23.0 Å². The highest BCUT2D eigenvalue weighted by molar-refractivity contribution is 6.03. The van der Waals surface area contributed by atoms with Crippen molar-refractivity contribution in [3.8, 4) is 0 Å². The number of hydrogen-bond donors (Lipinski definition) is 1. The average molecular weight is 279 g/mol. The van der Waals surface area contributed by atoms with E-state index in [0.717, 1.165) is 31.7 Å². The Morgan fingerprint density at radius 1 is 1.20 bits per heavy atom. The molecule has 1 atom stereocenters. The summed E-state index contributed by atoms with van der Waals surface area (Å²) in [6, 6.07) is 2.13. The first-order valence-electron chi connectivity index (χ1n) is 7.17. The van der Waals surface area contributed by atoms with E-state index in [1.54, 1.807) is 0 Å². The van der Waals surface area contributed by atoms with Gasteiger partial charge in [0.05, 0.1) is 11.6 Å². The molecule has 1 saturated carbocycles. The van der Waals surface area contributed by atoms with E-state index in [0.29, 0.717) is 11.0 Å². The molecule has 20 heavy (non-hydrogen) atoms. The highest BCUT2D eigenvalue weighted by Crippen LogP contribution is 2.47. The van der Waals surface area contributed by atoms with Gasteiger partial charge >= 0.3 is 0 Å². The average Bonchev–Trinajstić information content (AvgIpc) is 2.67. The van der Waals surface area contributed by atoms with E-state index < -0.39 is 17.6 Å². The van der Waals surface area contributed by atoms with Crippen LogP contribution in [-0.2, 0) is 4.79 Å². The summed E-state index contributed by atoms with van der Waals surface area (Å²) < 4.78 is 27.2. The molecule has 3 rings (SSSR count). The van der Waals surface area contributed by atoms with Gasteiger partial charge in [-0.2, -0.15) is 0 Å². The van der Waals surface area contributed by atoms with Crippen LogP contribution >= 0.6 is 0 Å². The highest BCUT2D eigenvalue weighted by atomic mass is 19.1. The Bertz CT molecular complexity index is 558. The van der Waals surface area contributed by atoms with Crippen molar-refractivity contribution >= 4 is 11.6 Å². The molecule has 0 saturated heterocycles. The van der Waals surface area contributed by atoms with Gasteiger partial charge in [0.2, 0.25) is 5.91 Å². The maximum absolute atomic E-state index is 13.7. The van der Waals surface area contributed by atoms with Crippen molar-refractivity contribution in [2.75, 3.05) is 5.32 Å². The molecule has 0 bridgehead atoms. The van der Waals surface area contributed by atoms with Gasteiger partial charge in [0.15, 0.2) is 0 Å². The number of fused-ring (bicyclic) bond motifs is 1. The lowest BCUT2D eigenvalue weighted by Crippen LogP contribution is -2.28. The number of carbonyl (C=O) groups is 1. The number of halogens is 2. The van der Waals surface area contributed by atoms with Gasteiger partial charge in [-0.05, 0) is 48.6 Å². The minimum atomic E-state index is -0.674. The van der Waals surface area contributed by atoms with Crippen LogP contribution in [0.3, 0.4) is 0 Å². The first-order chi connectivity index (χ1) is 9.37. The minimum absolute atomic E-state index is 0.172. The number of nitrogens with one attached hydrogen (secondary N) is 1. The van der Waals surface area contributed by atoms with Crippen molar-refractivity contribution in [3.05, 3.63) is 29.3 Å². The smallest absolute Gasteiger partial charge is 0.232 e. The van der Waals surface area contributed by atoms with Gasteiger partial charge in [-0.3, -0.25) is 4.79 Å². The molecule has 1 amide bonds. The first kappa shape index (κ1) is 13.5. The summed E-state index contributed by atoms with van der Waals surface area (Å²) in [7, 11) is 0. The van der Waals surface area contributed by atoms with Crippen molar-refractivity contribution < 1.29 is 13.6 Å². The van der Waals surface area contributed by atoms with Crippen LogP contribution in [0.4, 0.5) is 14.5 Å². The molecule has 0 spiro atoms. The Morgan fingerprint density at radius 2 is 1.85 bits per heavy atom. The van der Waals surface area contributed by atoms with Crippen molar-refractivity contribution in [3.63, 3.8) is 0 Å². The molecular formula is C16H19F2NO. The van der Waals surface area contributed by atoms with Crippen molar-refractivity contribution in [2.45, 2.75) is 45.4 Å². The lowest BCUT2D eigenvalue weighted by atomic mass is 9.68. The van der Waals surface area contributed by atoms with Crippen LogP contribution in [0.2, 0.25) is 0 Å². The molecule has 1 N–H and O–H groups in total. The number of benzene rings is 1.